The van der Waals surface area contributed by atoms with E-state index in [1.807, 2.05) is 24.5 Å². The minimum absolute atomic E-state index is 0.0560. The van der Waals surface area contributed by atoms with E-state index < -0.39 is 5.92 Å². The highest BCUT2D eigenvalue weighted by Crippen LogP contribution is 2.36. The SMILES string of the molecule is COC1CCC(NC(=O)c2cnn3ccc(-c4c[nH]c5nc(NCC6CCC(F)(F)CC6)ncc45)cc23)CC1. The van der Waals surface area contributed by atoms with Crippen LogP contribution in [0.3, 0.4) is 0 Å². The van der Waals surface area contributed by atoms with Crippen LogP contribution in [0.4, 0.5) is 14.7 Å². The zero-order valence-corrected chi connectivity index (χ0v) is 21.9. The first kappa shape index (κ1) is 25.7. The van der Waals surface area contributed by atoms with E-state index in [1.165, 1.54) is 0 Å². The summed E-state index contributed by atoms with van der Waals surface area (Å²) < 4.78 is 34.0. The van der Waals surface area contributed by atoms with Gasteiger partial charge < -0.3 is 20.4 Å². The second-order valence-corrected chi connectivity index (χ2v) is 10.8. The monoisotopic (exact) mass is 537 g/mol. The Bertz CT molecular complexity index is 1470. The largest absolute Gasteiger partial charge is 0.381 e. The van der Waals surface area contributed by atoms with Crippen molar-refractivity contribution < 1.29 is 18.3 Å². The number of rotatable bonds is 7. The first-order valence-electron chi connectivity index (χ1n) is 13.7. The number of pyridine rings is 1. The summed E-state index contributed by atoms with van der Waals surface area (Å²) in [6.45, 7) is 0.575. The second-order valence-electron chi connectivity index (χ2n) is 10.8. The van der Waals surface area contributed by atoms with Gasteiger partial charge in [0.05, 0.1) is 23.4 Å². The van der Waals surface area contributed by atoms with Gasteiger partial charge in [-0.2, -0.15) is 10.1 Å². The molecule has 0 aliphatic heterocycles. The van der Waals surface area contributed by atoms with Crippen molar-refractivity contribution in [2.75, 3.05) is 19.0 Å². The Balaban J connectivity index is 1.16. The van der Waals surface area contributed by atoms with Crippen molar-refractivity contribution in [2.24, 2.45) is 5.92 Å². The van der Waals surface area contributed by atoms with Crippen LogP contribution in [0.25, 0.3) is 27.7 Å². The van der Waals surface area contributed by atoms with E-state index in [1.54, 1.807) is 24.0 Å². The number of nitrogens with one attached hydrogen (secondary N) is 3. The maximum atomic E-state index is 13.4. The molecule has 0 radical (unpaired) electrons. The van der Waals surface area contributed by atoms with Crippen LogP contribution in [-0.4, -0.2) is 62.2 Å². The minimum Gasteiger partial charge on any atom is -0.381 e. The van der Waals surface area contributed by atoms with Crippen LogP contribution in [0, 0.1) is 5.92 Å². The molecule has 206 valence electrons. The Labute approximate surface area is 224 Å². The fourth-order valence-electron chi connectivity index (χ4n) is 5.80. The number of H-pyrrole nitrogens is 1. The average molecular weight is 538 g/mol. The number of fused-ring (bicyclic) bond motifs is 2. The number of hydrogen-bond acceptors (Lipinski definition) is 6. The standard InChI is InChI=1S/C28H33F2N7O2/c1-39-20-4-2-19(3-5-20)35-26(38)23-16-34-37-11-8-18(12-24(23)37)21-14-31-25-22(21)15-33-27(36-25)32-13-17-6-9-28(29,30)10-7-17/h8,11-12,14-17,19-20H,2-7,9-10,13H2,1H3,(H,35,38)(H2,31,32,33,36). The molecule has 0 bridgehead atoms. The molecular formula is C28H33F2N7O2. The number of methoxy groups -OCH3 is 1. The Morgan fingerprint density at radius 2 is 1.97 bits per heavy atom. The summed E-state index contributed by atoms with van der Waals surface area (Å²) in [5, 5.41) is 11.6. The molecule has 0 spiro atoms. The highest BCUT2D eigenvalue weighted by molar-refractivity contribution is 6.02. The molecule has 0 unspecified atom stereocenters. The van der Waals surface area contributed by atoms with Gasteiger partial charge in [0.2, 0.25) is 11.9 Å². The molecule has 4 heterocycles. The molecule has 3 N–H and O–H groups in total. The highest BCUT2D eigenvalue weighted by atomic mass is 19.3. The molecule has 2 aliphatic carbocycles. The van der Waals surface area contributed by atoms with Crippen LogP contribution in [0.1, 0.15) is 61.7 Å². The van der Waals surface area contributed by atoms with Gasteiger partial charge in [-0.25, -0.2) is 18.3 Å². The second kappa shape index (κ2) is 10.5. The number of hydrogen-bond donors (Lipinski definition) is 3. The van der Waals surface area contributed by atoms with Gasteiger partial charge in [-0.3, -0.25) is 4.79 Å². The van der Waals surface area contributed by atoms with Crippen molar-refractivity contribution in [3.63, 3.8) is 0 Å². The van der Waals surface area contributed by atoms with Gasteiger partial charge >= 0.3 is 0 Å². The molecule has 0 aromatic carbocycles. The van der Waals surface area contributed by atoms with Crippen LogP contribution in [0.5, 0.6) is 0 Å². The normalized spacial score (nSPS) is 21.8. The van der Waals surface area contributed by atoms with Gasteiger partial charge in [0, 0.05) is 62.1 Å². The summed E-state index contributed by atoms with van der Waals surface area (Å²) in [4.78, 5) is 25.4. The smallest absolute Gasteiger partial charge is 0.255 e. The van der Waals surface area contributed by atoms with Gasteiger partial charge in [0.15, 0.2) is 0 Å². The molecule has 1 amide bonds. The van der Waals surface area contributed by atoms with Crippen molar-refractivity contribution in [1.29, 1.82) is 0 Å². The first-order valence-corrected chi connectivity index (χ1v) is 13.7. The number of anilines is 1. The molecule has 11 heteroatoms. The number of ether oxygens (including phenoxy) is 1. The number of aromatic nitrogens is 5. The van der Waals surface area contributed by atoms with Crippen molar-refractivity contribution in [3.05, 3.63) is 42.5 Å². The third-order valence-corrected chi connectivity index (χ3v) is 8.24. The van der Waals surface area contributed by atoms with Crippen LogP contribution < -0.4 is 10.6 Å². The summed E-state index contributed by atoms with van der Waals surface area (Å²) in [5.74, 6) is -1.99. The van der Waals surface area contributed by atoms with E-state index in [0.29, 0.717) is 36.5 Å². The fraction of sp³-hybridized carbons (Fsp3) is 0.500. The predicted molar refractivity (Wildman–Crippen MR) is 144 cm³/mol. The van der Waals surface area contributed by atoms with E-state index in [0.717, 1.165) is 47.7 Å². The van der Waals surface area contributed by atoms with E-state index in [4.69, 9.17) is 4.74 Å². The molecule has 0 atom stereocenters. The zero-order chi connectivity index (χ0) is 27.0. The van der Waals surface area contributed by atoms with E-state index in [-0.39, 0.29) is 36.8 Å². The Morgan fingerprint density at radius 1 is 1.18 bits per heavy atom. The van der Waals surface area contributed by atoms with Crippen molar-refractivity contribution in [1.82, 2.24) is 29.9 Å². The van der Waals surface area contributed by atoms with Crippen molar-refractivity contribution >= 4 is 28.4 Å². The molecule has 6 rings (SSSR count). The first-order chi connectivity index (χ1) is 18.9. The maximum Gasteiger partial charge on any atom is 0.255 e. The molecule has 2 saturated carbocycles. The summed E-state index contributed by atoms with van der Waals surface area (Å²) in [7, 11) is 1.74. The lowest BCUT2D eigenvalue weighted by Gasteiger charge is -2.28. The predicted octanol–water partition coefficient (Wildman–Crippen LogP) is 5.20. The van der Waals surface area contributed by atoms with Gasteiger partial charge in [-0.15, -0.1) is 0 Å². The Morgan fingerprint density at radius 3 is 2.74 bits per heavy atom. The lowest BCUT2D eigenvalue weighted by atomic mass is 9.87. The number of halogens is 2. The number of nitrogens with zero attached hydrogens (tertiary/aromatic N) is 4. The Hall–Kier alpha value is -3.60. The molecule has 2 fully saturated rings. The van der Waals surface area contributed by atoms with Gasteiger partial charge in [-0.1, -0.05) is 0 Å². The zero-order valence-electron chi connectivity index (χ0n) is 21.9. The molecule has 0 saturated heterocycles. The number of carbonyl (C=O) groups is 1. The summed E-state index contributed by atoms with van der Waals surface area (Å²) in [5.41, 5.74) is 3.77. The quantitative estimate of drug-likeness (QED) is 0.299. The third kappa shape index (κ3) is 5.45. The van der Waals surface area contributed by atoms with E-state index in [9.17, 15) is 13.6 Å². The van der Waals surface area contributed by atoms with Crippen LogP contribution in [-0.2, 0) is 4.74 Å². The molecule has 39 heavy (non-hydrogen) atoms. The number of alkyl halides is 2. The number of carbonyl (C=O) groups excluding carboxylic acids is 1. The molecular weight excluding hydrogens is 504 g/mol. The lowest BCUT2D eigenvalue weighted by Crippen LogP contribution is -2.38. The molecule has 9 nitrogen and oxygen atoms in total. The highest BCUT2D eigenvalue weighted by Gasteiger charge is 2.34. The molecule has 2 aliphatic rings. The van der Waals surface area contributed by atoms with Crippen LogP contribution >= 0.6 is 0 Å². The lowest BCUT2D eigenvalue weighted by molar-refractivity contribution is -0.0443. The summed E-state index contributed by atoms with van der Waals surface area (Å²) in [6.07, 6.45) is 11.9. The van der Waals surface area contributed by atoms with Gasteiger partial charge in [0.25, 0.3) is 5.91 Å². The van der Waals surface area contributed by atoms with E-state index in [2.05, 4.69) is 30.7 Å². The van der Waals surface area contributed by atoms with Crippen molar-refractivity contribution in [2.45, 2.75) is 69.4 Å². The number of amides is 1. The molecule has 4 aromatic heterocycles. The maximum absolute atomic E-state index is 13.4. The van der Waals surface area contributed by atoms with Gasteiger partial charge in [0.1, 0.15) is 5.65 Å². The van der Waals surface area contributed by atoms with Crippen LogP contribution in [0.15, 0.2) is 36.9 Å². The van der Waals surface area contributed by atoms with Gasteiger partial charge in [-0.05, 0) is 62.1 Å². The minimum atomic E-state index is -2.53. The number of aromatic amines is 1. The topological polar surface area (TPSA) is 109 Å². The molecule has 4 aromatic rings. The summed E-state index contributed by atoms with van der Waals surface area (Å²) >= 11 is 0. The van der Waals surface area contributed by atoms with Crippen LogP contribution in [0.2, 0.25) is 0 Å². The third-order valence-electron chi connectivity index (χ3n) is 8.24. The van der Waals surface area contributed by atoms with E-state index >= 15 is 0 Å². The fourth-order valence-corrected chi connectivity index (χ4v) is 5.80. The van der Waals surface area contributed by atoms with Crippen molar-refractivity contribution in [3.8, 4) is 11.1 Å². The summed E-state index contributed by atoms with van der Waals surface area (Å²) in [6, 6.07) is 4.04. The Kier molecular flexibility index (Phi) is 6.92. The average Bonchev–Trinajstić information content (AvgIpc) is 3.56.